The lowest BCUT2D eigenvalue weighted by molar-refractivity contribution is -0.116. The summed E-state index contributed by atoms with van der Waals surface area (Å²) in [5.74, 6) is -1.42. The maximum absolute atomic E-state index is 12.6. The number of carboxylic acids is 1. The number of rotatable bonds is 6. The third kappa shape index (κ3) is 3.88. The average molecular weight is 405 g/mol. The molecule has 0 spiro atoms. The topological polar surface area (TPSA) is 124 Å². The van der Waals surface area contributed by atoms with Crippen LogP contribution in [0.3, 0.4) is 0 Å². The minimum absolute atomic E-state index is 0.0653. The lowest BCUT2D eigenvalue weighted by Gasteiger charge is -2.03. The van der Waals surface area contributed by atoms with Gasteiger partial charge < -0.3 is 25.1 Å². The Balaban J connectivity index is 1.53. The molecular weight excluding hydrogens is 386 g/mol. The number of H-pyrrole nitrogens is 1. The molecular formula is C22H19N3O5. The number of carboxylic acid groups (broad SMARTS) is 1. The predicted molar refractivity (Wildman–Crippen MR) is 113 cm³/mol. The number of benzene rings is 2. The molecule has 2 amide bonds. The van der Waals surface area contributed by atoms with Crippen molar-refractivity contribution in [2.75, 3.05) is 10.6 Å². The normalized spacial score (nSPS) is 11.0. The smallest absolute Gasteiger partial charge is 0.352 e. The summed E-state index contributed by atoms with van der Waals surface area (Å²) in [7, 11) is 0. The summed E-state index contributed by atoms with van der Waals surface area (Å²) in [5, 5.41) is 16.0. The molecule has 0 saturated carbocycles. The molecule has 8 heteroatoms. The average Bonchev–Trinajstić information content (AvgIpc) is 3.31. The van der Waals surface area contributed by atoms with Crippen LogP contribution in [0.15, 0.2) is 52.9 Å². The standard InChI is InChI=1S/C22H19N3O5/c1-2-3-20(26)23-14-5-7-18-13(9-14)11-19(30-18)21(27)24-15-4-6-16-12(8-15)10-17(25-16)22(28)29/h4-11,25H,2-3H2,1H3,(H,23,26)(H,24,27)(H,28,29). The third-order valence-electron chi connectivity index (χ3n) is 4.61. The van der Waals surface area contributed by atoms with Crippen molar-refractivity contribution in [1.82, 2.24) is 4.98 Å². The summed E-state index contributed by atoms with van der Waals surface area (Å²) in [4.78, 5) is 38.2. The van der Waals surface area contributed by atoms with E-state index in [1.807, 2.05) is 6.92 Å². The predicted octanol–water partition coefficient (Wildman–Crippen LogP) is 4.60. The lowest BCUT2D eigenvalue weighted by atomic mass is 10.2. The highest BCUT2D eigenvalue weighted by Crippen LogP contribution is 2.25. The second-order valence-electron chi connectivity index (χ2n) is 6.91. The van der Waals surface area contributed by atoms with E-state index in [1.54, 1.807) is 42.5 Å². The highest BCUT2D eigenvalue weighted by molar-refractivity contribution is 6.06. The number of anilines is 2. The molecule has 2 aromatic carbocycles. The van der Waals surface area contributed by atoms with Gasteiger partial charge in [-0.3, -0.25) is 9.59 Å². The summed E-state index contributed by atoms with van der Waals surface area (Å²) >= 11 is 0. The van der Waals surface area contributed by atoms with Crippen molar-refractivity contribution in [1.29, 1.82) is 0 Å². The molecule has 8 nitrogen and oxygen atoms in total. The number of amides is 2. The van der Waals surface area contributed by atoms with Crippen LogP contribution in [-0.2, 0) is 4.79 Å². The number of hydrogen-bond acceptors (Lipinski definition) is 4. The Morgan fingerprint density at radius 1 is 0.967 bits per heavy atom. The summed E-state index contributed by atoms with van der Waals surface area (Å²) in [5.41, 5.74) is 2.41. The van der Waals surface area contributed by atoms with Crippen LogP contribution in [0.1, 0.15) is 40.8 Å². The minimum Gasteiger partial charge on any atom is -0.477 e. The van der Waals surface area contributed by atoms with Gasteiger partial charge in [0.1, 0.15) is 11.3 Å². The molecule has 0 aliphatic rings. The number of aromatic nitrogens is 1. The van der Waals surface area contributed by atoms with Gasteiger partial charge in [-0.15, -0.1) is 0 Å². The number of carbonyl (C=O) groups is 3. The van der Waals surface area contributed by atoms with E-state index in [-0.39, 0.29) is 17.4 Å². The number of furan rings is 1. The monoisotopic (exact) mass is 405 g/mol. The van der Waals surface area contributed by atoms with Crippen LogP contribution in [0.2, 0.25) is 0 Å². The van der Waals surface area contributed by atoms with Crippen LogP contribution in [-0.4, -0.2) is 27.9 Å². The molecule has 30 heavy (non-hydrogen) atoms. The minimum atomic E-state index is -1.05. The summed E-state index contributed by atoms with van der Waals surface area (Å²) in [6.45, 7) is 1.93. The molecule has 0 atom stereocenters. The molecule has 0 aliphatic heterocycles. The molecule has 4 N–H and O–H groups in total. The summed E-state index contributed by atoms with van der Waals surface area (Å²) < 4.78 is 5.62. The molecule has 0 bridgehead atoms. The maximum atomic E-state index is 12.6. The van der Waals surface area contributed by atoms with E-state index >= 15 is 0 Å². The van der Waals surface area contributed by atoms with Gasteiger partial charge in [-0.05, 0) is 55.0 Å². The van der Waals surface area contributed by atoms with E-state index < -0.39 is 11.9 Å². The van der Waals surface area contributed by atoms with E-state index in [0.717, 1.165) is 6.42 Å². The second kappa shape index (κ2) is 7.75. The van der Waals surface area contributed by atoms with E-state index in [4.69, 9.17) is 9.52 Å². The number of aromatic amines is 1. The first-order valence-corrected chi connectivity index (χ1v) is 9.44. The zero-order valence-corrected chi connectivity index (χ0v) is 16.1. The van der Waals surface area contributed by atoms with E-state index in [2.05, 4.69) is 15.6 Å². The zero-order chi connectivity index (χ0) is 21.3. The van der Waals surface area contributed by atoms with Crippen molar-refractivity contribution >= 4 is 51.0 Å². The number of hydrogen-bond donors (Lipinski definition) is 4. The van der Waals surface area contributed by atoms with Crippen molar-refractivity contribution in [3.8, 4) is 0 Å². The molecule has 152 valence electrons. The second-order valence-corrected chi connectivity index (χ2v) is 6.91. The first kappa shape index (κ1) is 19.3. The van der Waals surface area contributed by atoms with E-state index in [0.29, 0.717) is 39.7 Å². The summed E-state index contributed by atoms with van der Waals surface area (Å²) in [6.07, 6.45) is 1.20. The molecule has 0 saturated heterocycles. The number of nitrogens with one attached hydrogen (secondary N) is 3. The van der Waals surface area contributed by atoms with Crippen LogP contribution in [0.25, 0.3) is 21.9 Å². The fourth-order valence-electron chi connectivity index (χ4n) is 3.20. The van der Waals surface area contributed by atoms with Gasteiger partial charge in [-0.1, -0.05) is 6.92 Å². The van der Waals surface area contributed by atoms with Gasteiger partial charge in [-0.2, -0.15) is 0 Å². The first-order chi connectivity index (χ1) is 14.4. The van der Waals surface area contributed by atoms with Crippen molar-refractivity contribution in [3.63, 3.8) is 0 Å². The number of carbonyl (C=O) groups excluding carboxylic acids is 2. The van der Waals surface area contributed by atoms with E-state index in [9.17, 15) is 14.4 Å². The highest BCUT2D eigenvalue weighted by Gasteiger charge is 2.14. The van der Waals surface area contributed by atoms with Crippen molar-refractivity contribution in [2.45, 2.75) is 19.8 Å². The lowest BCUT2D eigenvalue weighted by Crippen LogP contribution is -2.10. The van der Waals surface area contributed by atoms with Gasteiger partial charge in [0.15, 0.2) is 5.76 Å². The van der Waals surface area contributed by atoms with Crippen LogP contribution in [0.5, 0.6) is 0 Å². The number of fused-ring (bicyclic) bond motifs is 2. The Morgan fingerprint density at radius 2 is 1.70 bits per heavy atom. The fourth-order valence-corrected chi connectivity index (χ4v) is 3.20. The molecule has 0 radical (unpaired) electrons. The first-order valence-electron chi connectivity index (χ1n) is 9.44. The quantitative estimate of drug-likeness (QED) is 0.373. The Labute approximate surface area is 170 Å². The molecule has 4 aromatic rings. The van der Waals surface area contributed by atoms with Crippen LogP contribution in [0.4, 0.5) is 11.4 Å². The van der Waals surface area contributed by atoms with Crippen molar-refractivity contribution in [3.05, 3.63) is 60.0 Å². The van der Waals surface area contributed by atoms with Crippen LogP contribution < -0.4 is 10.6 Å². The third-order valence-corrected chi connectivity index (χ3v) is 4.61. The molecule has 2 heterocycles. The highest BCUT2D eigenvalue weighted by atomic mass is 16.4. The Morgan fingerprint density at radius 3 is 2.47 bits per heavy atom. The van der Waals surface area contributed by atoms with Crippen LogP contribution >= 0.6 is 0 Å². The Hall–Kier alpha value is -4.07. The van der Waals surface area contributed by atoms with E-state index in [1.165, 1.54) is 6.07 Å². The number of aromatic carboxylic acids is 1. The molecule has 0 fully saturated rings. The van der Waals surface area contributed by atoms with Gasteiger partial charge >= 0.3 is 5.97 Å². The zero-order valence-electron chi connectivity index (χ0n) is 16.1. The van der Waals surface area contributed by atoms with Gasteiger partial charge in [0.25, 0.3) is 5.91 Å². The Kier molecular flexibility index (Phi) is 4.97. The van der Waals surface area contributed by atoms with Crippen LogP contribution in [0, 0.1) is 0 Å². The molecule has 0 aliphatic carbocycles. The fraction of sp³-hybridized carbons (Fsp3) is 0.136. The van der Waals surface area contributed by atoms with Gasteiger partial charge in [0.05, 0.1) is 0 Å². The summed E-state index contributed by atoms with van der Waals surface area (Å²) in [6, 6.07) is 13.3. The van der Waals surface area contributed by atoms with Crippen molar-refractivity contribution in [2.24, 2.45) is 0 Å². The van der Waals surface area contributed by atoms with Gasteiger partial charge in [0.2, 0.25) is 5.91 Å². The van der Waals surface area contributed by atoms with Gasteiger partial charge in [0, 0.05) is 34.1 Å². The Bertz CT molecular complexity index is 1280. The molecule has 2 aromatic heterocycles. The molecule has 4 rings (SSSR count). The largest absolute Gasteiger partial charge is 0.477 e. The maximum Gasteiger partial charge on any atom is 0.352 e. The van der Waals surface area contributed by atoms with Crippen molar-refractivity contribution < 1.29 is 23.9 Å². The molecule has 0 unspecified atom stereocenters. The SMILES string of the molecule is CCCC(=O)Nc1ccc2oc(C(=O)Nc3ccc4[nH]c(C(=O)O)cc4c3)cc2c1. The van der Waals surface area contributed by atoms with Gasteiger partial charge in [-0.25, -0.2) is 4.79 Å².